The van der Waals surface area contributed by atoms with Crippen molar-refractivity contribution in [1.82, 2.24) is 19.6 Å². The molecule has 5 nitrogen and oxygen atoms in total. The highest BCUT2D eigenvalue weighted by Gasteiger charge is 2.28. The molecule has 1 aliphatic rings. The van der Waals surface area contributed by atoms with Gasteiger partial charge in [0, 0.05) is 26.2 Å². The van der Waals surface area contributed by atoms with Crippen LogP contribution in [0.1, 0.15) is 41.2 Å². The molecule has 1 fully saturated rings. The fourth-order valence-corrected chi connectivity index (χ4v) is 3.47. The first-order chi connectivity index (χ1) is 12.0. The summed E-state index contributed by atoms with van der Waals surface area (Å²) in [6.45, 7) is 9.69. The van der Waals surface area contributed by atoms with Crippen LogP contribution in [0, 0.1) is 6.92 Å². The van der Waals surface area contributed by atoms with Crippen LogP contribution < -0.4 is 0 Å². The number of carbonyl (C=O) groups is 1. The highest BCUT2D eigenvalue weighted by Crippen LogP contribution is 2.23. The summed E-state index contributed by atoms with van der Waals surface area (Å²) in [5.74, 6) is 0.140. The molecule has 0 atom stereocenters. The average Bonchev–Trinajstić information content (AvgIpc) is 3.00. The first-order valence-electron chi connectivity index (χ1n) is 9.20. The van der Waals surface area contributed by atoms with Gasteiger partial charge in [0.05, 0.1) is 22.6 Å². The molecule has 0 unspecified atom stereocenters. The SMILES string of the molecule is CCc1nn(-c2cccc(C)c2)c(CC)c1C(=O)N1CCN(C)CC1. The van der Waals surface area contributed by atoms with Crippen LogP contribution in [0.5, 0.6) is 0 Å². The molecule has 0 N–H and O–H groups in total. The normalized spacial score (nSPS) is 15.6. The van der Waals surface area contributed by atoms with E-state index in [2.05, 4.69) is 50.9 Å². The van der Waals surface area contributed by atoms with Gasteiger partial charge in [-0.15, -0.1) is 0 Å². The minimum Gasteiger partial charge on any atom is -0.336 e. The zero-order valence-corrected chi connectivity index (χ0v) is 15.7. The maximum absolute atomic E-state index is 13.2. The summed E-state index contributed by atoms with van der Waals surface area (Å²) in [6, 6.07) is 8.30. The van der Waals surface area contributed by atoms with Crippen molar-refractivity contribution in [2.45, 2.75) is 33.6 Å². The Kier molecular flexibility index (Phi) is 5.23. The molecule has 25 heavy (non-hydrogen) atoms. The molecule has 1 amide bonds. The van der Waals surface area contributed by atoms with Crippen molar-refractivity contribution < 1.29 is 4.79 Å². The second-order valence-electron chi connectivity index (χ2n) is 6.82. The molecule has 134 valence electrons. The van der Waals surface area contributed by atoms with Gasteiger partial charge in [0.1, 0.15) is 0 Å². The summed E-state index contributed by atoms with van der Waals surface area (Å²) in [7, 11) is 2.10. The maximum Gasteiger partial charge on any atom is 0.257 e. The molecule has 0 bridgehead atoms. The Morgan fingerprint density at radius 3 is 2.44 bits per heavy atom. The van der Waals surface area contributed by atoms with E-state index in [9.17, 15) is 4.79 Å². The molecule has 1 aliphatic heterocycles. The minimum absolute atomic E-state index is 0.140. The summed E-state index contributed by atoms with van der Waals surface area (Å²) < 4.78 is 1.97. The number of rotatable bonds is 4. The lowest BCUT2D eigenvalue weighted by Gasteiger charge is -2.32. The highest BCUT2D eigenvalue weighted by atomic mass is 16.2. The quantitative estimate of drug-likeness (QED) is 0.859. The molecule has 1 aromatic carbocycles. The average molecular weight is 340 g/mol. The van der Waals surface area contributed by atoms with Crippen LogP contribution in [0.25, 0.3) is 5.69 Å². The Labute approximate surface area is 150 Å². The molecule has 1 saturated heterocycles. The van der Waals surface area contributed by atoms with E-state index in [0.29, 0.717) is 0 Å². The molecule has 0 radical (unpaired) electrons. The van der Waals surface area contributed by atoms with E-state index >= 15 is 0 Å². The molecule has 0 spiro atoms. The summed E-state index contributed by atoms with van der Waals surface area (Å²) >= 11 is 0. The van der Waals surface area contributed by atoms with Gasteiger partial charge in [0.15, 0.2) is 0 Å². The van der Waals surface area contributed by atoms with Gasteiger partial charge in [0.2, 0.25) is 0 Å². The first-order valence-corrected chi connectivity index (χ1v) is 9.20. The molecular weight excluding hydrogens is 312 g/mol. The molecule has 2 aromatic rings. The van der Waals surface area contributed by atoms with Gasteiger partial charge in [-0.3, -0.25) is 4.79 Å². The number of hydrogen-bond acceptors (Lipinski definition) is 3. The summed E-state index contributed by atoms with van der Waals surface area (Å²) in [5.41, 5.74) is 4.97. The van der Waals surface area contributed by atoms with E-state index in [-0.39, 0.29) is 5.91 Å². The van der Waals surface area contributed by atoms with E-state index in [1.807, 2.05) is 15.6 Å². The van der Waals surface area contributed by atoms with Gasteiger partial charge < -0.3 is 9.80 Å². The topological polar surface area (TPSA) is 41.4 Å². The lowest BCUT2D eigenvalue weighted by Crippen LogP contribution is -2.47. The lowest BCUT2D eigenvalue weighted by atomic mass is 10.1. The molecule has 0 saturated carbocycles. The standard InChI is InChI=1S/C20H28N4O/c1-5-17-19(20(25)23-12-10-22(4)11-13-23)18(6-2)24(21-17)16-9-7-8-15(3)14-16/h7-9,14H,5-6,10-13H2,1-4H3. The Bertz CT molecular complexity index is 757. The largest absolute Gasteiger partial charge is 0.336 e. The zero-order chi connectivity index (χ0) is 18.0. The van der Waals surface area contributed by atoms with Crippen molar-refractivity contribution in [2.24, 2.45) is 0 Å². The van der Waals surface area contributed by atoms with Gasteiger partial charge in [-0.25, -0.2) is 4.68 Å². The third-order valence-corrected chi connectivity index (χ3v) is 4.97. The van der Waals surface area contributed by atoms with E-state index in [4.69, 9.17) is 5.10 Å². The number of hydrogen-bond donors (Lipinski definition) is 0. The van der Waals surface area contributed by atoms with Gasteiger partial charge >= 0.3 is 0 Å². The van der Waals surface area contributed by atoms with E-state index < -0.39 is 0 Å². The Morgan fingerprint density at radius 1 is 1.12 bits per heavy atom. The number of benzene rings is 1. The van der Waals surface area contributed by atoms with Crippen LogP contribution in [0.4, 0.5) is 0 Å². The van der Waals surface area contributed by atoms with Gasteiger partial charge in [-0.1, -0.05) is 26.0 Å². The number of aryl methyl sites for hydroxylation is 2. The molecule has 1 aromatic heterocycles. The van der Waals surface area contributed by atoms with Gasteiger partial charge in [-0.2, -0.15) is 5.10 Å². The van der Waals surface area contributed by atoms with Crippen LogP contribution in [0.15, 0.2) is 24.3 Å². The predicted molar refractivity (Wildman–Crippen MR) is 100 cm³/mol. The number of likely N-dealkylation sites (N-methyl/N-ethyl adjacent to an activating group) is 1. The van der Waals surface area contributed by atoms with Crippen LogP contribution in [0.2, 0.25) is 0 Å². The summed E-state index contributed by atoms with van der Waals surface area (Å²) in [4.78, 5) is 17.5. The van der Waals surface area contributed by atoms with E-state index in [1.165, 1.54) is 5.56 Å². The molecule has 3 rings (SSSR count). The smallest absolute Gasteiger partial charge is 0.257 e. The second-order valence-corrected chi connectivity index (χ2v) is 6.82. The van der Waals surface area contributed by atoms with Gasteiger partial charge in [-0.05, 0) is 44.5 Å². The van der Waals surface area contributed by atoms with Crippen molar-refractivity contribution in [3.05, 3.63) is 46.8 Å². The summed E-state index contributed by atoms with van der Waals surface area (Å²) in [6.07, 6.45) is 1.55. The fraction of sp³-hybridized carbons (Fsp3) is 0.500. The van der Waals surface area contributed by atoms with Gasteiger partial charge in [0.25, 0.3) is 5.91 Å². The number of piperazine rings is 1. The molecule has 5 heteroatoms. The number of aromatic nitrogens is 2. The van der Waals surface area contributed by atoms with Crippen molar-refractivity contribution in [2.75, 3.05) is 33.2 Å². The van der Waals surface area contributed by atoms with Crippen LogP contribution >= 0.6 is 0 Å². The third-order valence-electron chi connectivity index (χ3n) is 4.97. The summed E-state index contributed by atoms with van der Waals surface area (Å²) in [5, 5.41) is 4.80. The fourth-order valence-electron chi connectivity index (χ4n) is 3.47. The Hall–Kier alpha value is -2.14. The zero-order valence-electron chi connectivity index (χ0n) is 15.7. The third kappa shape index (κ3) is 3.47. The molecular formula is C20H28N4O. The predicted octanol–water partition coefficient (Wildman–Crippen LogP) is 2.69. The molecule has 0 aliphatic carbocycles. The maximum atomic E-state index is 13.2. The van der Waals surface area contributed by atoms with Crippen LogP contribution in [0.3, 0.4) is 0 Å². The monoisotopic (exact) mass is 340 g/mol. The first kappa shape index (κ1) is 17.7. The van der Waals surface area contributed by atoms with Crippen molar-refractivity contribution in [1.29, 1.82) is 0 Å². The minimum atomic E-state index is 0.140. The number of amides is 1. The highest BCUT2D eigenvalue weighted by molar-refractivity contribution is 5.96. The van der Waals surface area contributed by atoms with E-state index in [0.717, 1.165) is 61.7 Å². The van der Waals surface area contributed by atoms with Crippen molar-refractivity contribution in [3.63, 3.8) is 0 Å². The number of carbonyl (C=O) groups excluding carboxylic acids is 1. The van der Waals surface area contributed by atoms with Crippen molar-refractivity contribution >= 4 is 5.91 Å². The van der Waals surface area contributed by atoms with Crippen molar-refractivity contribution in [3.8, 4) is 5.69 Å². The lowest BCUT2D eigenvalue weighted by molar-refractivity contribution is 0.0662. The number of nitrogens with zero attached hydrogens (tertiary/aromatic N) is 4. The Balaban J connectivity index is 2.02. The van der Waals surface area contributed by atoms with E-state index in [1.54, 1.807) is 0 Å². The van der Waals surface area contributed by atoms with Crippen LogP contribution in [-0.4, -0.2) is 58.7 Å². The Morgan fingerprint density at radius 2 is 1.84 bits per heavy atom. The molecule has 2 heterocycles. The second kappa shape index (κ2) is 7.40. The van der Waals surface area contributed by atoms with Crippen LogP contribution in [-0.2, 0) is 12.8 Å².